The molecular weight excluding hydrogens is 396 g/mol. The number of nitrogens with two attached hydrogens (primary N) is 1. The van der Waals surface area contributed by atoms with Crippen LogP contribution in [0.15, 0.2) is 48.5 Å². The Morgan fingerprint density at radius 1 is 1.03 bits per heavy atom. The molecule has 152 valence electrons. The minimum Gasteiger partial charge on any atom is -0.484 e. The van der Waals surface area contributed by atoms with Crippen molar-refractivity contribution in [2.45, 2.75) is 6.92 Å². The first kappa shape index (κ1) is 20.5. The van der Waals surface area contributed by atoms with E-state index in [1.165, 1.54) is 31.2 Å². The fraction of sp³-hybridized carbons (Fsp3) is 0.0952. The van der Waals surface area contributed by atoms with Gasteiger partial charge in [0, 0.05) is 11.6 Å². The van der Waals surface area contributed by atoms with Gasteiger partial charge in [0.05, 0.1) is 11.6 Å². The lowest BCUT2D eigenvalue weighted by Crippen LogP contribution is -2.19. The standard InChI is InChI=1S/C21H15F2N3O4/c1-12-18(22)20(29-15-6-2-4-13(8-15)10-24)26-21(19(12)23)30-16-7-3-5-14(9-16)28-11-17(25)27/h2-9H,11H2,1H3,(H2,25,27). The second-order valence-electron chi connectivity index (χ2n) is 6.05. The summed E-state index contributed by atoms with van der Waals surface area (Å²) in [5.74, 6) is -3.16. The number of nitriles is 1. The smallest absolute Gasteiger partial charge is 0.259 e. The van der Waals surface area contributed by atoms with Crippen molar-refractivity contribution in [1.82, 2.24) is 4.98 Å². The summed E-state index contributed by atoms with van der Waals surface area (Å²) in [6.45, 7) is 0.871. The van der Waals surface area contributed by atoms with Crippen molar-refractivity contribution >= 4 is 5.91 Å². The van der Waals surface area contributed by atoms with Crippen LogP contribution in [0, 0.1) is 29.9 Å². The van der Waals surface area contributed by atoms with Gasteiger partial charge in [-0.1, -0.05) is 12.1 Å². The van der Waals surface area contributed by atoms with Crippen LogP contribution >= 0.6 is 0 Å². The number of pyridine rings is 1. The molecule has 1 heterocycles. The van der Waals surface area contributed by atoms with Crippen molar-refractivity contribution in [3.63, 3.8) is 0 Å². The summed E-state index contributed by atoms with van der Waals surface area (Å²) in [6.07, 6.45) is 0. The van der Waals surface area contributed by atoms with E-state index >= 15 is 0 Å². The number of ether oxygens (including phenoxy) is 3. The predicted octanol–water partition coefficient (Wildman–Crippen LogP) is 3.99. The summed E-state index contributed by atoms with van der Waals surface area (Å²) in [7, 11) is 0. The van der Waals surface area contributed by atoms with Gasteiger partial charge in [-0.15, -0.1) is 0 Å². The number of nitrogens with zero attached hydrogens (tertiary/aromatic N) is 2. The molecule has 1 aromatic heterocycles. The minimum atomic E-state index is -1.01. The van der Waals surface area contributed by atoms with E-state index < -0.39 is 29.3 Å². The maximum absolute atomic E-state index is 14.5. The minimum absolute atomic E-state index is 0.131. The second kappa shape index (κ2) is 8.87. The summed E-state index contributed by atoms with van der Waals surface area (Å²) in [4.78, 5) is 14.6. The van der Waals surface area contributed by atoms with Crippen molar-refractivity contribution in [2.24, 2.45) is 5.73 Å². The summed E-state index contributed by atoms with van der Waals surface area (Å²) < 4.78 is 45.0. The number of halogens is 2. The number of benzene rings is 2. The highest BCUT2D eigenvalue weighted by Crippen LogP contribution is 2.33. The number of carbonyl (C=O) groups is 1. The fourth-order valence-electron chi connectivity index (χ4n) is 2.38. The summed E-state index contributed by atoms with van der Waals surface area (Å²) in [6, 6.07) is 13.9. The van der Waals surface area contributed by atoms with Crippen molar-refractivity contribution in [3.05, 3.63) is 71.3 Å². The lowest BCUT2D eigenvalue weighted by Gasteiger charge is -2.13. The van der Waals surface area contributed by atoms with Gasteiger partial charge in [0.25, 0.3) is 17.7 Å². The van der Waals surface area contributed by atoms with E-state index in [0.717, 1.165) is 0 Å². The Bertz CT molecular complexity index is 1150. The highest BCUT2D eigenvalue weighted by atomic mass is 19.1. The Hall–Kier alpha value is -4.19. The third kappa shape index (κ3) is 4.80. The molecule has 1 amide bonds. The summed E-state index contributed by atoms with van der Waals surface area (Å²) in [5, 5.41) is 8.96. The van der Waals surface area contributed by atoms with Gasteiger partial charge >= 0.3 is 0 Å². The van der Waals surface area contributed by atoms with E-state index in [-0.39, 0.29) is 29.4 Å². The van der Waals surface area contributed by atoms with E-state index in [1.54, 1.807) is 24.3 Å². The zero-order chi connectivity index (χ0) is 21.7. The number of rotatable bonds is 7. The first-order valence-electron chi connectivity index (χ1n) is 8.60. The monoisotopic (exact) mass is 411 g/mol. The lowest BCUT2D eigenvalue weighted by molar-refractivity contribution is -0.119. The zero-order valence-electron chi connectivity index (χ0n) is 15.7. The van der Waals surface area contributed by atoms with Crippen molar-refractivity contribution in [3.8, 4) is 35.1 Å². The largest absolute Gasteiger partial charge is 0.484 e. The predicted molar refractivity (Wildman–Crippen MR) is 101 cm³/mol. The Kier molecular flexibility index (Phi) is 6.08. The SMILES string of the molecule is Cc1c(F)c(Oc2cccc(C#N)c2)nc(Oc2cccc(OCC(N)=O)c2)c1F. The van der Waals surface area contributed by atoms with Crippen LogP contribution in [0.4, 0.5) is 8.78 Å². The molecule has 0 aliphatic rings. The number of primary amides is 1. The van der Waals surface area contributed by atoms with Gasteiger partial charge in [0.15, 0.2) is 18.2 Å². The molecule has 0 unspecified atom stereocenters. The average Bonchev–Trinajstić information content (AvgIpc) is 2.74. The molecule has 0 saturated heterocycles. The number of hydrogen-bond donors (Lipinski definition) is 1. The quantitative estimate of drug-likeness (QED) is 0.630. The van der Waals surface area contributed by atoms with Crippen molar-refractivity contribution in [2.75, 3.05) is 6.61 Å². The first-order valence-corrected chi connectivity index (χ1v) is 8.60. The molecule has 0 radical (unpaired) electrons. The topological polar surface area (TPSA) is 107 Å². The number of carbonyl (C=O) groups excluding carboxylic acids is 1. The summed E-state index contributed by atoms with van der Waals surface area (Å²) in [5.41, 5.74) is 4.98. The van der Waals surface area contributed by atoms with Crippen molar-refractivity contribution in [1.29, 1.82) is 5.26 Å². The molecule has 30 heavy (non-hydrogen) atoms. The molecule has 0 fully saturated rings. The van der Waals surface area contributed by atoms with E-state index in [2.05, 4.69) is 4.98 Å². The van der Waals surface area contributed by atoms with Crippen LogP contribution in [0.25, 0.3) is 0 Å². The van der Waals surface area contributed by atoms with Crippen LogP contribution in [0.1, 0.15) is 11.1 Å². The molecule has 0 saturated carbocycles. The van der Waals surface area contributed by atoms with Crippen molar-refractivity contribution < 1.29 is 27.8 Å². The van der Waals surface area contributed by atoms with E-state index in [9.17, 15) is 13.6 Å². The molecular formula is C21H15F2N3O4. The third-order valence-electron chi connectivity index (χ3n) is 3.82. The Morgan fingerprint density at radius 3 is 2.20 bits per heavy atom. The molecule has 9 heteroatoms. The van der Waals surface area contributed by atoms with Crippen LogP contribution in [-0.4, -0.2) is 17.5 Å². The maximum Gasteiger partial charge on any atom is 0.259 e. The maximum atomic E-state index is 14.5. The van der Waals surface area contributed by atoms with E-state index in [1.807, 2.05) is 6.07 Å². The van der Waals surface area contributed by atoms with Gasteiger partial charge in [-0.3, -0.25) is 4.79 Å². The van der Waals surface area contributed by atoms with Crippen LogP contribution in [0.5, 0.6) is 29.0 Å². The van der Waals surface area contributed by atoms with Gasteiger partial charge in [-0.25, -0.2) is 8.78 Å². The first-order chi connectivity index (χ1) is 14.4. The fourth-order valence-corrected chi connectivity index (χ4v) is 2.38. The lowest BCUT2D eigenvalue weighted by atomic mass is 10.2. The Balaban J connectivity index is 1.89. The molecule has 0 bridgehead atoms. The average molecular weight is 411 g/mol. The second-order valence-corrected chi connectivity index (χ2v) is 6.05. The molecule has 3 aromatic rings. The van der Waals surface area contributed by atoms with E-state index in [4.69, 9.17) is 25.2 Å². The molecule has 0 aliphatic heterocycles. The van der Waals surface area contributed by atoms with Gasteiger partial charge in [-0.2, -0.15) is 10.2 Å². The molecule has 2 aromatic carbocycles. The van der Waals surface area contributed by atoms with Gasteiger partial charge in [0.2, 0.25) is 0 Å². The third-order valence-corrected chi connectivity index (χ3v) is 3.82. The van der Waals surface area contributed by atoms with E-state index in [0.29, 0.717) is 5.56 Å². The van der Waals surface area contributed by atoms with Crippen LogP contribution < -0.4 is 19.9 Å². The normalized spacial score (nSPS) is 10.2. The molecule has 0 spiro atoms. The zero-order valence-corrected chi connectivity index (χ0v) is 15.7. The number of amides is 1. The molecule has 3 rings (SSSR count). The molecule has 0 aliphatic carbocycles. The number of aromatic nitrogens is 1. The summed E-state index contributed by atoms with van der Waals surface area (Å²) >= 11 is 0. The Morgan fingerprint density at radius 2 is 1.60 bits per heavy atom. The van der Waals surface area contributed by atoms with Gasteiger partial charge in [-0.05, 0) is 37.3 Å². The number of hydrogen-bond acceptors (Lipinski definition) is 6. The van der Waals surface area contributed by atoms with Gasteiger partial charge < -0.3 is 19.9 Å². The van der Waals surface area contributed by atoms with Crippen LogP contribution in [0.2, 0.25) is 0 Å². The van der Waals surface area contributed by atoms with Crippen LogP contribution in [-0.2, 0) is 4.79 Å². The molecule has 0 atom stereocenters. The molecule has 7 nitrogen and oxygen atoms in total. The highest BCUT2D eigenvalue weighted by Gasteiger charge is 2.21. The highest BCUT2D eigenvalue weighted by molar-refractivity contribution is 5.75. The van der Waals surface area contributed by atoms with Gasteiger partial charge in [0.1, 0.15) is 17.2 Å². The Labute approximate surface area is 170 Å². The molecule has 2 N–H and O–H groups in total. The van der Waals surface area contributed by atoms with Crippen LogP contribution in [0.3, 0.4) is 0 Å².